The van der Waals surface area contributed by atoms with E-state index < -0.39 is 5.63 Å². The predicted molar refractivity (Wildman–Crippen MR) is 104 cm³/mol. The Morgan fingerprint density at radius 3 is 2.83 bits per heavy atom. The summed E-state index contributed by atoms with van der Waals surface area (Å²) < 4.78 is 21.7. The number of thioether (sulfide) groups is 1. The van der Waals surface area contributed by atoms with Crippen molar-refractivity contribution >= 4 is 22.7 Å². The summed E-state index contributed by atoms with van der Waals surface area (Å²) in [6.07, 6.45) is 0. The van der Waals surface area contributed by atoms with Gasteiger partial charge in [-0.15, -0.1) is 10.2 Å². The third-order valence-electron chi connectivity index (χ3n) is 4.60. The summed E-state index contributed by atoms with van der Waals surface area (Å²) in [6.45, 7) is 1.90. The summed E-state index contributed by atoms with van der Waals surface area (Å²) >= 11 is 1.31. The first-order valence-corrected chi connectivity index (χ1v) is 9.69. The molecular formula is C20H14N2O6S. The molecule has 0 unspecified atom stereocenters. The Labute approximate surface area is 168 Å². The number of rotatable bonds is 4. The van der Waals surface area contributed by atoms with Crippen LogP contribution in [0.3, 0.4) is 0 Å². The van der Waals surface area contributed by atoms with Gasteiger partial charge in [0.05, 0.1) is 0 Å². The number of nitrogens with zero attached hydrogens (tertiary/aromatic N) is 2. The van der Waals surface area contributed by atoms with Crippen LogP contribution in [0, 0.1) is 6.92 Å². The predicted octanol–water partition coefficient (Wildman–Crippen LogP) is 3.88. The first-order chi connectivity index (χ1) is 14.1. The standard InChI is InChI=1S/C20H14N2O6S/c1-10-14(23)4-3-13-12(7-17(24)27-18(10)13)8-29-20-22-21-19(28-20)11-2-5-15-16(6-11)26-9-25-15/h2-7,23H,8-9H2,1H3. The van der Waals surface area contributed by atoms with E-state index in [1.807, 2.05) is 6.07 Å². The van der Waals surface area contributed by atoms with Crippen LogP contribution in [-0.2, 0) is 5.75 Å². The van der Waals surface area contributed by atoms with Gasteiger partial charge in [0, 0.05) is 28.3 Å². The van der Waals surface area contributed by atoms with E-state index in [1.54, 1.807) is 31.2 Å². The van der Waals surface area contributed by atoms with E-state index in [-0.39, 0.29) is 12.5 Å². The van der Waals surface area contributed by atoms with Gasteiger partial charge < -0.3 is 23.4 Å². The van der Waals surface area contributed by atoms with Crippen molar-refractivity contribution in [3.63, 3.8) is 0 Å². The number of fused-ring (bicyclic) bond motifs is 2. The number of aryl methyl sites for hydroxylation is 1. The van der Waals surface area contributed by atoms with Gasteiger partial charge in [0.1, 0.15) is 11.3 Å². The van der Waals surface area contributed by atoms with Gasteiger partial charge in [-0.25, -0.2) is 4.79 Å². The lowest BCUT2D eigenvalue weighted by Crippen LogP contribution is -2.01. The highest BCUT2D eigenvalue weighted by atomic mass is 32.2. The summed E-state index contributed by atoms with van der Waals surface area (Å²) in [5.74, 6) is 2.18. The van der Waals surface area contributed by atoms with E-state index in [9.17, 15) is 9.90 Å². The van der Waals surface area contributed by atoms with Crippen molar-refractivity contribution < 1.29 is 23.4 Å². The molecule has 8 nitrogen and oxygen atoms in total. The van der Waals surface area contributed by atoms with Crippen LogP contribution in [0.1, 0.15) is 11.1 Å². The maximum Gasteiger partial charge on any atom is 0.336 e. The Bertz CT molecular complexity index is 1300. The van der Waals surface area contributed by atoms with Gasteiger partial charge in [0.2, 0.25) is 12.7 Å². The number of hydrogen-bond donors (Lipinski definition) is 1. The molecule has 0 spiro atoms. The molecule has 2 aromatic carbocycles. The van der Waals surface area contributed by atoms with Gasteiger partial charge in [-0.1, -0.05) is 11.8 Å². The van der Waals surface area contributed by atoms with Crippen LogP contribution >= 0.6 is 11.8 Å². The summed E-state index contributed by atoms with van der Waals surface area (Å²) in [6, 6.07) is 10.1. The molecule has 0 bridgehead atoms. The van der Waals surface area contributed by atoms with Gasteiger partial charge in [-0.3, -0.25) is 0 Å². The maximum absolute atomic E-state index is 11.9. The van der Waals surface area contributed by atoms with E-state index in [4.69, 9.17) is 18.3 Å². The molecule has 0 fully saturated rings. The summed E-state index contributed by atoms with van der Waals surface area (Å²) in [4.78, 5) is 11.9. The number of hydrogen-bond acceptors (Lipinski definition) is 9. The van der Waals surface area contributed by atoms with Crippen LogP contribution in [0.25, 0.3) is 22.4 Å². The summed E-state index contributed by atoms with van der Waals surface area (Å²) in [7, 11) is 0. The minimum atomic E-state index is -0.478. The molecule has 146 valence electrons. The minimum Gasteiger partial charge on any atom is -0.508 e. The molecule has 9 heteroatoms. The zero-order chi connectivity index (χ0) is 20.0. The molecule has 1 aliphatic heterocycles. The Kier molecular flexibility index (Phi) is 4.17. The molecule has 0 saturated carbocycles. The Morgan fingerprint density at radius 2 is 1.93 bits per heavy atom. The van der Waals surface area contributed by atoms with Crippen molar-refractivity contribution in [2.75, 3.05) is 6.79 Å². The van der Waals surface area contributed by atoms with Crippen molar-refractivity contribution in [2.24, 2.45) is 0 Å². The lowest BCUT2D eigenvalue weighted by atomic mass is 10.1. The van der Waals surface area contributed by atoms with Crippen molar-refractivity contribution in [1.82, 2.24) is 10.2 Å². The van der Waals surface area contributed by atoms with Gasteiger partial charge in [-0.2, -0.15) is 0 Å². The molecule has 0 amide bonds. The van der Waals surface area contributed by atoms with E-state index in [0.717, 1.165) is 16.5 Å². The van der Waals surface area contributed by atoms with Crippen LogP contribution in [-0.4, -0.2) is 22.1 Å². The fourth-order valence-corrected chi connectivity index (χ4v) is 3.84. The third-order valence-corrected chi connectivity index (χ3v) is 5.46. The Balaban J connectivity index is 1.40. The largest absolute Gasteiger partial charge is 0.508 e. The van der Waals surface area contributed by atoms with Crippen molar-refractivity contribution in [1.29, 1.82) is 0 Å². The smallest absolute Gasteiger partial charge is 0.336 e. The van der Waals surface area contributed by atoms with E-state index in [0.29, 0.717) is 39.5 Å². The molecule has 0 aliphatic carbocycles. The number of aromatic nitrogens is 2. The van der Waals surface area contributed by atoms with Crippen LogP contribution in [0.15, 0.2) is 55.2 Å². The molecule has 0 radical (unpaired) electrons. The molecule has 0 saturated heterocycles. The summed E-state index contributed by atoms with van der Waals surface area (Å²) in [5, 5.41) is 19.1. The number of ether oxygens (including phenoxy) is 2. The molecule has 0 atom stereocenters. The molecule has 1 N–H and O–H groups in total. The zero-order valence-corrected chi connectivity index (χ0v) is 16.0. The van der Waals surface area contributed by atoms with Crippen molar-refractivity contribution in [3.8, 4) is 28.7 Å². The van der Waals surface area contributed by atoms with Crippen LogP contribution in [0.5, 0.6) is 17.2 Å². The van der Waals surface area contributed by atoms with Crippen LogP contribution < -0.4 is 15.1 Å². The molecule has 2 aromatic heterocycles. The highest BCUT2D eigenvalue weighted by Crippen LogP contribution is 2.36. The fourth-order valence-electron chi connectivity index (χ4n) is 3.09. The normalized spacial score (nSPS) is 12.6. The Morgan fingerprint density at radius 1 is 1.07 bits per heavy atom. The topological polar surface area (TPSA) is 108 Å². The van der Waals surface area contributed by atoms with Crippen LogP contribution in [0.2, 0.25) is 0 Å². The number of aromatic hydroxyl groups is 1. The number of benzene rings is 2. The van der Waals surface area contributed by atoms with E-state index in [1.165, 1.54) is 17.8 Å². The second-order valence-electron chi connectivity index (χ2n) is 6.41. The molecule has 29 heavy (non-hydrogen) atoms. The van der Waals surface area contributed by atoms with Crippen molar-refractivity contribution in [2.45, 2.75) is 17.9 Å². The first kappa shape index (κ1) is 17.6. The maximum atomic E-state index is 11.9. The van der Waals surface area contributed by atoms with E-state index in [2.05, 4.69) is 10.2 Å². The van der Waals surface area contributed by atoms with Gasteiger partial charge in [-0.05, 0) is 42.8 Å². The average molecular weight is 410 g/mol. The number of phenols is 1. The molecule has 5 rings (SSSR count). The molecule has 3 heterocycles. The lowest BCUT2D eigenvalue weighted by molar-refractivity contribution is 0.174. The second-order valence-corrected chi connectivity index (χ2v) is 7.33. The minimum absolute atomic E-state index is 0.0794. The highest BCUT2D eigenvalue weighted by molar-refractivity contribution is 7.98. The van der Waals surface area contributed by atoms with E-state index >= 15 is 0 Å². The molecule has 1 aliphatic rings. The fraction of sp³-hybridized carbons (Fsp3) is 0.150. The summed E-state index contributed by atoms with van der Waals surface area (Å²) in [5.41, 5.74) is 1.90. The highest BCUT2D eigenvalue weighted by Gasteiger charge is 2.17. The second kappa shape index (κ2) is 6.85. The molecular weight excluding hydrogens is 396 g/mol. The molecule has 4 aromatic rings. The van der Waals surface area contributed by atoms with Crippen molar-refractivity contribution in [3.05, 3.63) is 57.9 Å². The van der Waals surface area contributed by atoms with Gasteiger partial charge in [0.15, 0.2) is 11.5 Å². The average Bonchev–Trinajstić information content (AvgIpc) is 3.38. The quantitative estimate of drug-likeness (QED) is 0.396. The lowest BCUT2D eigenvalue weighted by Gasteiger charge is -2.07. The third kappa shape index (κ3) is 3.19. The van der Waals surface area contributed by atoms with Crippen LogP contribution in [0.4, 0.5) is 0 Å². The zero-order valence-electron chi connectivity index (χ0n) is 15.2. The SMILES string of the molecule is Cc1c(O)ccc2c(CSc3nnc(-c4ccc5c(c4)OCO5)o3)cc(=O)oc12. The monoisotopic (exact) mass is 410 g/mol. The van der Waals surface area contributed by atoms with Gasteiger partial charge >= 0.3 is 5.63 Å². The number of phenolic OH excluding ortho intramolecular Hbond substituents is 1. The Hall–Kier alpha value is -3.46. The first-order valence-electron chi connectivity index (χ1n) is 8.70. The van der Waals surface area contributed by atoms with Gasteiger partial charge in [0.25, 0.3) is 5.22 Å².